The fourth-order valence-electron chi connectivity index (χ4n) is 3.62. The zero-order chi connectivity index (χ0) is 18.1. The van der Waals surface area contributed by atoms with Gasteiger partial charge in [0.15, 0.2) is 5.41 Å². The molecule has 0 aromatic carbocycles. The van der Waals surface area contributed by atoms with Crippen molar-refractivity contribution in [1.29, 1.82) is 0 Å². The number of aromatic nitrogens is 1. The van der Waals surface area contributed by atoms with Gasteiger partial charge in [0.2, 0.25) is 0 Å². The van der Waals surface area contributed by atoms with Crippen LogP contribution in [0.5, 0.6) is 0 Å². The number of pyridine rings is 1. The topological polar surface area (TPSA) is 68.7 Å². The molecule has 1 aliphatic rings. The second kappa shape index (κ2) is 6.79. The van der Waals surface area contributed by atoms with E-state index in [0.29, 0.717) is 6.42 Å². The molecule has 1 aliphatic carbocycles. The molecule has 1 aromatic heterocycles. The highest BCUT2D eigenvalue weighted by Crippen LogP contribution is 2.43. The number of hydrogen-bond acceptors (Lipinski definition) is 6. The Morgan fingerprint density at radius 1 is 1.04 bits per heavy atom. The molecule has 1 aromatic rings. The molecule has 132 valence electrons. The van der Waals surface area contributed by atoms with Crippen molar-refractivity contribution < 1.29 is 19.1 Å². The van der Waals surface area contributed by atoms with Crippen LogP contribution in [0, 0.1) is 19.3 Å². The largest absolute Gasteiger partial charge is 0.468 e. The molecule has 1 heterocycles. The molecule has 0 spiro atoms. The van der Waals surface area contributed by atoms with E-state index >= 15 is 0 Å². The Morgan fingerprint density at radius 3 is 2.00 bits per heavy atom. The predicted octanol–water partition coefficient (Wildman–Crippen LogP) is 1.98. The van der Waals surface area contributed by atoms with E-state index in [4.69, 9.17) is 14.5 Å². The van der Waals surface area contributed by atoms with Gasteiger partial charge in [0.05, 0.1) is 14.2 Å². The van der Waals surface area contributed by atoms with Crippen LogP contribution in [0.1, 0.15) is 36.2 Å². The van der Waals surface area contributed by atoms with Gasteiger partial charge in [-0.3, -0.25) is 9.59 Å². The van der Waals surface area contributed by atoms with Crippen molar-refractivity contribution in [1.82, 2.24) is 4.98 Å². The first-order valence-electron chi connectivity index (χ1n) is 8.26. The van der Waals surface area contributed by atoms with Crippen LogP contribution in [-0.2, 0) is 31.9 Å². The average Bonchev–Trinajstić information content (AvgIpc) is 3.01. The third-order valence-electron chi connectivity index (χ3n) is 5.04. The highest BCUT2D eigenvalue weighted by atomic mass is 16.5. The fraction of sp³-hybridized carbons (Fsp3) is 0.611. The number of hydrogen-bond donors (Lipinski definition) is 0. The minimum absolute atomic E-state index is 0.278. The number of nitrogens with zero attached hydrogens (tertiary/aromatic N) is 2. The van der Waals surface area contributed by atoms with Gasteiger partial charge in [0, 0.05) is 31.6 Å². The maximum Gasteiger partial charge on any atom is 0.323 e. The molecule has 0 radical (unpaired) electrons. The lowest BCUT2D eigenvalue weighted by molar-refractivity contribution is -0.168. The molecule has 0 amide bonds. The molecule has 6 heteroatoms. The summed E-state index contributed by atoms with van der Waals surface area (Å²) in [5.74, 6) is -0.177. The monoisotopic (exact) mass is 334 g/mol. The Kier molecular flexibility index (Phi) is 5.16. The quantitative estimate of drug-likeness (QED) is 0.606. The van der Waals surface area contributed by atoms with E-state index in [-0.39, 0.29) is 6.42 Å². The summed E-state index contributed by atoms with van der Waals surface area (Å²) < 4.78 is 9.84. The SMILES string of the molecule is CCN(CC)c1nc(C)c2c(c1C)CC(C(=O)OC)(C(=O)OC)C2. The van der Waals surface area contributed by atoms with E-state index < -0.39 is 17.4 Å². The first kappa shape index (κ1) is 18.2. The first-order chi connectivity index (χ1) is 11.4. The molecule has 0 fully saturated rings. The van der Waals surface area contributed by atoms with Gasteiger partial charge >= 0.3 is 11.9 Å². The number of ether oxygens (including phenoxy) is 2. The van der Waals surface area contributed by atoms with Crippen LogP contribution in [0.3, 0.4) is 0 Å². The van der Waals surface area contributed by atoms with Gasteiger partial charge in [0.25, 0.3) is 0 Å². The van der Waals surface area contributed by atoms with Crippen LogP contribution in [0.25, 0.3) is 0 Å². The van der Waals surface area contributed by atoms with Gasteiger partial charge in [-0.05, 0) is 44.4 Å². The number of methoxy groups -OCH3 is 2. The summed E-state index contributed by atoms with van der Waals surface area (Å²) in [6.07, 6.45) is 0.574. The van der Waals surface area contributed by atoms with Crippen molar-refractivity contribution in [3.8, 4) is 0 Å². The number of aryl methyl sites for hydroxylation is 1. The Hall–Kier alpha value is -2.11. The van der Waals surface area contributed by atoms with Crippen molar-refractivity contribution in [3.63, 3.8) is 0 Å². The van der Waals surface area contributed by atoms with Gasteiger partial charge in [0.1, 0.15) is 5.82 Å². The standard InChI is InChI=1S/C18H26N2O4/c1-7-20(8-2)15-11(3)13-9-18(16(21)23-5,17(22)24-6)10-14(13)12(4)19-15/h7-10H2,1-6H3. The van der Waals surface area contributed by atoms with Gasteiger partial charge in [-0.25, -0.2) is 4.98 Å². The van der Waals surface area contributed by atoms with E-state index in [0.717, 1.165) is 41.3 Å². The van der Waals surface area contributed by atoms with Crippen LogP contribution in [-0.4, -0.2) is 44.2 Å². The van der Waals surface area contributed by atoms with Crippen LogP contribution < -0.4 is 4.90 Å². The molecule has 0 saturated carbocycles. The second-order valence-corrected chi connectivity index (χ2v) is 6.19. The van der Waals surface area contributed by atoms with Crippen LogP contribution in [0.2, 0.25) is 0 Å². The Balaban J connectivity index is 2.59. The number of esters is 2. The summed E-state index contributed by atoms with van der Waals surface area (Å²) in [7, 11) is 2.60. The number of carbonyl (C=O) groups excluding carboxylic acids is 2. The number of anilines is 1. The predicted molar refractivity (Wildman–Crippen MR) is 91.1 cm³/mol. The Morgan fingerprint density at radius 2 is 1.54 bits per heavy atom. The molecule has 0 saturated heterocycles. The fourth-order valence-corrected chi connectivity index (χ4v) is 3.62. The molecule has 0 N–H and O–H groups in total. The molecule has 0 aliphatic heterocycles. The van der Waals surface area contributed by atoms with Gasteiger partial charge < -0.3 is 14.4 Å². The van der Waals surface area contributed by atoms with Crippen molar-refractivity contribution in [2.24, 2.45) is 5.41 Å². The minimum Gasteiger partial charge on any atom is -0.468 e. The van der Waals surface area contributed by atoms with Crippen LogP contribution in [0.15, 0.2) is 0 Å². The Bertz CT molecular complexity index is 649. The molecule has 0 bridgehead atoms. The van der Waals surface area contributed by atoms with Crippen LogP contribution in [0.4, 0.5) is 5.82 Å². The highest BCUT2D eigenvalue weighted by molar-refractivity contribution is 6.01. The lowest BCUT2D eigenvalue weighted by Gasteiger charge is -2.24. The molecule has 0 unspecified atom stereocenters. The average molecular weight is 334 g/mol. The summed E-state index contributed by atoms with van der Waals surface area (Å²) in [6.45, 7) is 9.80. The molecular weight excluding hydrogens is 308 g/mol. The van der Waals surface area contributed by atoms with E-state index in [1.165, 1.54) is 14.2 Å². The van der Waals surface area contributed by atoms with Crippen molar-refractivity contribution in [2.45, 2.75) is 40.5 Å². The number of fused-ring (bicyclic) bond motifs is 1. The zero-order valence-corrected chi connectivity index (χ0v) is 15.4. The highest BCUT2D eigenvalue weighted by Gasteiger charge is 2.53. The third kappa shape index (κ3) is 2.64. The lowest BCUT2D eigenvalue weighted by atomic mass is 9.84. The summed E-state index contributed by atoms with van der Waals surface area (Å²) in [4.78, 5) is 31.7. The van der Waals surface area contributed by atoms with E-state index in [1.807, 2.05) is 13.8 Å². The van der Waals surface area contributed by atoms with Crippen molar-refractivity contribution >= 4 is 17.8 Å². The minimum atomic E-state index is -1.30. The molecule has 6 nitrogen and oxygen atoms in total. The van der Waals surface area contributed by atoms with Gasteiger partial charge in [-0.2, -0.15) is 0 Å². The maximum absolute atomic E-state index is 12.4. The number of carbonyl (C=O) groups is 2. The second-order valence-electron chi connectivity index (χ2n) is 6.19. The molecular formula is C18H26N2O4. The molecule has 24 heavy (non-hydrogen) atoms. The van der Waals surface area contributed by atoms with Crippen molar-refractivity contribution in [2.75, 3.05) is 32.2 Å². The number of rotatable bonds is 5. The summed E-state index contributed by atoms with van der Waals surface area (Å²) in [5.41, 5.74) is 2.55. The van der Waals surface area contributed by atoms with E-state index in [1.54, 1.807) is 0 Å². The van der Waals surface area contributed by atoms with E-state index in [9.17, 15) is 9.59 Å². The smallest absolute Gasteiger partial charge is 0.323 e. The lowest BCUT2D eigenvalue weighted by Crippen LogP contribution is -2.42. The maximum atomic E-state index is 12.4. The zero-order valence-electron chi connectivity index (χ0n) is 15.4. The summed E-state index contributed by atoms with van der Waals surface area (Å²) in [6, 6.07) is 0. The first-order valence-corrected chi connectivity index (χ1v) is 8.26. The third-order valence-corrected chi connectivity index (χ3v) is 5.04. The summed E-state index contributed by atoms with van der Waals surface area (Å²) >= 11 is 0. The molecule has 0 atom stereocenters. The van der Waals surface area contributed by atoms with Crippen LogP contribution >= 0.6 is 0 Å². The summed E-state index contributed by atoms with van der Waals surface area (Å²) in [5, 5.41) is 0. The molecule has 2 rings (SSSR count). The van der Waals surface area contributed by atoms with Crippen molar-refractivity contribution in [3.05, 3.63) is 22.4 Å². The van der Waals surface area contributed by atoms with Gasteiger partial charge in [-0.1, -0.05) is 0 Å². The van der Waals surface area contributed by atoms with Gasteiger partial charge in [-0.15, -0.1) is 0 Å². The Labute approximate surface area is 143 Å². The normalized spacial score (nSPS) is 14.9. The van der Waals surface area contributed by atoms with E-state index in [2.05, 4.69) is 18.7 Å².